The zero-order valence-electron chi connectivity index (χ0n) is 21.0. The third-order valence-electron chi connectivity index (χ3n) is 5.94. The van der Waals surface area contributed by atoms with Gasteiger partial charge in [-0.2, -0.15) is 0 Å². The highest BCUT2D eigenvalue weighted by molar-refractivity contribution is 9.10. The van der Waals surface area contributed by atoms with Crippen LogP contribution in [0.4, 0.5) is 0 Å². The fourth-order valence-corrected chi connectivity index (χ4v) is 4.56. The Bertz CT molecular complexity index is 1150. The Kier molecular flexibility index (Phi) is 10.4. The molecule has 3 aromatic rings. The van der Waals surface area contributed by atoms with Gasteiger partial charge in [-0.05, 0) is 54.3 Å². The van der Waals surface area contributed by atoms with Crippen molar-refractivity contribution < 1.29 is 19.1 Å². The molecule has 1 unspecified atom stereocenters. The number of nitrogens with one attached hydrogen (secondary N) is 1. The van der Waals surface area contributed by atoms with E-state index in [-0.39, 0.29) is 18.2 Å². The Morgan fingerprint density at radius 3 is 2.28 bits per heavy atom. The average Bonchev–Trinajstić information content (AvgIpc) is 2.89. The molecule has 0 heterocycles. The third-order valence-corrected chi connectivity index (χ3v) is 6.43. The zero-order chi connectivity index (χ0) is 25.9. The number of halogens is 1. The number of ether oxygens (including phenoxy) is 2. The van der Waals surface area contributed by atoms with E-state index in [4.69, 9.17) is 9.47 Å². The van der Waals surface area contributed by atoms with Crippen LogP contribution in [0.5, 0.6) is 11.5 Å². The molecule has 0 saturated carbocycles. The first-order valence-corrected chi connectivity index (χ1v) is 12.8. The number of rotatable bonds is 12. The summed E-state index contributed by atoms with van der Waals surface area (Å²) in [4.78, 5) is 28.6. The maximum atomic E-state index is 13.7. The first kappa shape index (κ1) is 27.3. The van der Waals surface area contributed by atoms with Gasteiger partial charge in [0.1, 0.15) is 6.04 Å². The van der Waals surface area contributed by atoms with Gasteiger partial charge in [-0.25, -0.2) is 0 Å². The van der Waals surface area contributed by atoms with Gasteiger partial charge in [0.2, 0.25) is 11.8 Å². The topological polar surface area (TPSA) is 67.9 Å². The van der Waals surface area contributed by atoms with Crippen LogP contribution in [-0.2, 0) is 29.0 Å². The molecule has 1 N–H and O–H groups in total. The SMILES string of the molecule is CCNC(=O)C(Cc1ccccc1)N(Cc1cccc(Br)c1)C(=O)CCc1ccc(OC)c(OC)c1. The smallest absolute Gasteiger partial charge is 0.243 e. The number of methoxy groups -OCH3 is 2. The lowest BCUT2D eigenvalue weighted by Crippen LogP contribution is -2.50. The number of benzene rings is 3. The molecule has 36 heavy (non-hydrogen) atoms. The number of nitrogens with zero attached hydrogens (tertiary/aromatic N) is 1. The van der Waals surface area contributed by atoms with Gasteiger partial charge in [0.05, 0.1) is 14.2 Å². The second-order valence-corrected chi connectivity index (χ2v) is 9.36. The molecule has 3 aromatic carbocycles. The van der Waals surface area contributed by atoms with E-state index in [2.05, 4.69) is 21.2 Å². The fraction of sp³-hybridized carbons (Fsp3) is 0.310. The van der Waals surface area contributed by atoms with E-state index in [1.807, 2.05) is 79.7 Å². The summed E-state index contributed by atoms with van der Waals surface area (Å²) in [6, 6.07) is 22.6. The monoisotopic (exact) mass is 552 g/mol. The van der Waals surface area contributed by atoms with Crippen molar-refractivity contribution in [3.8, 4) is 11.5 Å². The van der Waals surface area contributed by atoms with Crippen LogP contribution in [0.3, 0.4) is 0 Å². The van der Waals surface area contributed by atoms with Gasteiger partial charge in [0, 0.05) is 30.4 Å². The second kappa shape index (κ2) is 13.7. The molecule has 7 heteroatoms. The Balaban J connectivity index is 1.88. The van der Waals surface area contributed by atoms with Gasteiger partial charge in [-0.1, -0.05) is 64.5 Å². The van der Waals surface area contributed by atoms with E-state index in [0.29, 0.717) is 37.4 Å². The van der Waals surface area contributed by atoms with E-state index in [9.17, 15) is 9.59 Å². The summed E-state index contributed by atoms with van der Waals surface area (Å²) in [6.45, 7) is 2.71. The number of likely N-dealkylation sites (N-methyl/N-ethyl adjacent to an activating group) is 1. The Morgan fingerprint density at radius 1 is 0.889 bits per heavy atom. The molecule has 0 aliphatic heterocycles. The van der Waals surface area contributed by atoms with E-state index in [1.165, 1.54) is 0 Å². The lowest BCUT2D eigenvalue weighted by molar-refractivity contribution is -0.141. The van der Waals surface area contributed by atoms with Crippen LogP contribution in [0.1, 0.15) is 30.0 Å². The van der Waals surface area contributed by atoms with Crippen LogP contribution in [0.2, 0.25) is 0 Å². The standard InChI is InChI=1S/C29H33BrN2O4/c1-4-31-29(34)25(18-21-9-6-5-7-10-21)32(20-23-11-8-12-24(30)17-23)28(33)16-14-22-13-15-26(35-2)27(19-22)36-3/h5-13,15,17,19,25H,4,14,16,18,20H2,1-3H3,(H,31,34). The predicted molar refractivity (Wildman–Crippen MR) is 145 cm³/mol. The van der Waals surface area contributed by atoms with Crippen molar-refractivity contribution in [2.75, 3.05) is 20.8 Å². The van der Waals surface area contributed by atoms with Crippen molar-refractivity contribution in [3.05, 3.63) is 94.0 Å². The second-order valence-electron chi connectivity index (χ2n) is 8.44. The van der Waals surface area contributed by atoms with Gasteiger partial charge in [0.25, 0.3) is 0 Å². The molecular weight excluding hydrogens is 520 g/mol. The van der Waals surface area contributed by atoms with Crippen LogP contribution in [0.25, 0.3) is 0 Å². The van der Waals surface area contributed by atoms with Crippen molar-refractivity contribution >= 4 is 27.7 Å². The van der Waals surface area contributed by atoms with E-state index >= 15 is 0 Å². The first-order chi connectivity index (χ1) is 17.4. The van der Waals surface area contributed by atoms with Crippen molar-refractivity contribution in [2.24, 2.45) is 0 Å². The number of carbonyl (C=O) groups is 2. The lowest BCUT2D eigenvalue weighted by Gasteiger charge is -2.31. The van der Waals surface area contributed by atoms with Gasteiger partial charge >= 0.3 is 0 Å². The van der Waals surface area contributed by atoms with Crippen LogP contribution in [0.15, 0.2) is 77.3 Å². The highest BCUT2D eigenvalue weighted by Gasteiger charge is 2.30. The summed E-state index contributed by atoms with van der Waals surface area (Å²) in [6.07, 6.45) is 1.21. The first-order valence-electron chi connectivity index (χ1n) is 12.0. The molecule has 0 aliphatic carbocycles. The van der Waals surface area contributed by atoms with Gasteiger partial charge < -0.3 is 19.7 Å². The summed E-state index contributed by atoms with van der Waals surface area (Å²) < 4.78 is 11.7. The molecule has 0 saturated heterocycles. The highest BCUT2D eigenvalue weighted by Crippen LogP contribution is 2.28. The number of aryl methyl sites for hydroxylation is 1. The third kappa shape index (κ3) is 7.59. The van der Waals surface area contributed by atoms with Crippen molar-refractivity contribution in [3.63, 3.8) is 0 Å². The number of hydrogen-bond donors (Lipinski definition) is 1. The minimum Gasteiger partial charge on any atom is -0.493 e. The largest absolute Gasteiger partial charge is 0.493 e. The molecule has 6 nitrogen and oxygen atoms in total. The van der Waals surface area contributed by atoms with Gasteiger partial charge in [0.15, 0.2) is 11.5 Å². The Hall–Kier alpha value is -3.32. The molecule has 0 radical (unpaired) electrons. The van der Waals surface area contributed by atoms with Gasteiger partial charge in [-0.3, -0.25) is 9.59 Å². The number of hydrogen-bond acceptors (Lipinski definition) is 4. The summed E-state index contributed by atoms with van der Waals surface area (Å²) in [7, 11) is 3.18. The van der Waals surface area contributed by atoms with E-state index < -0.39 is 6.04 Å². The Morgan fingerprint density at radius 2 is 1.61 bits per heavy atom. The molecule has 0 bridgehead atoms. The predicted octanol–water partition coefficient (Wildman–Crippen LogP) is 5.18. The molecule has 0 fully saturated rings. The summed E-state index contributed by atoms with van der Waals surface area (Å²) in [5, 5.41) is 2.93. The molecule has 0 spiro atoms. The fourth-order valence-electron chi connectivity index (χ4n) is 4.11. The zero-order valence-corrected chi connectivity index (χ0v) is 22.6. The minimum absolute atomic E-state index is 0.0862. The number of carbonyl (C=O) groups excluding carboxylic acids is 2. The number of amides is 2. The summed E-state index contributed by atoms with van der Waals surface area (Å²) in [5.74, 6) is 1.02. The van der Waals surface area contributed by atoms with Crippen molar-refractivity contribution in [2.45, 2.75) is 38.8 Å². The molecule has 190 valence electrons. The minimum atomic E-state index is -0.635. The van der Waals surface area contributed by atoms with Crippen LogP contribution < -0.4 is 14.8 Å². The van der Waals surface area contributed by atoms with Gasteiger partial charge in [-0.15, -0.1) is 0 Å². The maximum Gasteiger partial charge on any atom is 0.243 e. The van der Waals surface area contributed by atoms with E-state index in [0.717, 1.165) is 21.2 Å². The average molecular weight is 553 g/mol. The molecule has 2 amide bonds. The van der Waals surface area contributed by atoms with Crippen LogP contribution in [-0.4, -0.2) is 43.5 Å². The molecule has 0 aromatic heterocycles. The Labute approximate surface area is 221 Å². The molecule has 1 atom stereocenters. The quantitative estimate of drug-likeness (QED) is 0.336. The lowest BCUT2D eigenvalue weighted by atomic mass is 10.0. The van der Waals surface area contributed by atoms with Crippen molar-refractivity contribution in [1.29, 1.82) is 0 Å². The molecule has 3 rings (SSSR count). The molecule has 0 aliphatic rings. The maximum absolute atomic E-state index is 13.7. The normalized spacial score (nSPS) is 11.4. The highest BCUT2D eigenvalue weighted by atomic mass is 79.9. The molecular formula is C29H33BrN2O4. The summed E-state index contributed by atoms with van der Waals surface area (Å²) in [5.41, 5.74) is 2.91. The van der Waals surface area contributed by atoms with Crippen molar-refractivity contribution in [1.82, 2.24) is 10.2 Å². The van der Waals surface area contributed by atoms with Crippen LogP contribution in [0, 0.1) is 0 Å². The summed E-state index contributed by atoms with van der Waals surface area (Å²) >= 11 is 3.52. The van der Waals surface area contributed by atoms with Crippen LogP contribution >= 0.6 is 15.9 Å². The van der Waals surface area contributed by atoms with E-state index in [1.54, 1.807) is 19.1 Å².